The van der Waals surface area contributed by atoms with E-state index in [0.717, 1.165) is 57.8 Å². The van der Waals surface area contributed by atoms with Crippen LogP contribution in [0.15, 0.2) is 85.1 Å². The predicted octanol–water partition coefficient (Wildman–Crippen LogP) is 14.8. The van der Waals surface area contributed by atoms with Crippen molar-refractivity contribution in [2.24, 2.45) is 0 Å². The molecule has 0 aromatic rings. The zero-order valence-corrected chi connectivity index (χ0v) is 39.1. The summed E-state index contributed by atoms with van der Waals surface area (Å²) in [6.45, 7) is 6.26. The lowest BCUT2D eigenvalue weighted by molar-refractivity contribution is -0.150. The number of hydrogen-bond acceptors (Lipinski definition) is 5. The van der Waals surface area contributed by atoms with E-state index in [4.69, 9.17) is 4.74 Å². The van der Waals surface area contributed by atoms with Gasteiger partial charge >= 0.3 is 5.97 Å². The second-order valence-corrected chi connectivity index (χ2v) is 16.6. The van der Waals surface area contributed by atoms with Crippen LogP contribution >= 0.6 is 0 Å². The van der Waals surface area contributed by atoms with Gasteiger partial charge in [-0.2, -0.15) is 0 Å². The number of aliphatic hydroxyl groups is 2. The molecule has 3 N–H and O–H groups in total. The third-order valence-electron chi connectivity index (χ3n) is 10.8. The van der Waals surface area contributed by atoms with Crippen LogP contribution in [0, 0.1) is 0 Å². The van der Waals surface area contributed by atoms with Crippen LogP contribution in [0.4, 0.5) is 0 Å². The Morgan fingerprint density at radius 2 is 0.983 bits per heavy atom. The van der Waals surface area contributed by atoms with Gasteiger partial charge in [-0.3, -0.25) is 9.59 Å². The maximum atomic E-state index is 13.1. The van der Waals surface area contributed by atoms with Crippen molar-refractivity contribution >= 4 is 11.9 Å². The largest absolute Gasteiger partial charge is 0.461 e. The molecule has 0 rings (SSSR count). The maximum absolute atomic E-state index is 13.1. The Balaban J connectivity index is 4.66. The minimum absolute atomic E-state index is 0.0251. The first kappa shape index (κ1) is 57.0. The van der Waals surface area contributed by atoms with E-state index >= 15 is 0 Å². The predicted molar refractivity (Wildman–Crippen MR) is 259 cm³/mol. The van der Waals surface area contributed by atoms with Gasteiger partial charge in [-0.05, 0) is 51.4 Å². The van der Waals surface area contributed by atoms with E-state index in [1.165, 1.54) is 116 Å². The lowest BCUT2D eigenvalue weighted by Gasteiger charge is -2.24. The molecule has 0 aliphatic rings. The molecule has 0 spiro atoms. The third kappa shape index (κ3) is 41.8. The van der Waals surface area contributed by atoms with E-state index in [1.54, 1.807) is 0 Å². The Hall–Kier alpha value is -2.96. The standard InChI is InChI=1S/C54H93NO5/c1-4-7-10-13-16-19-22-24-25-26-27-29-32-35-38-41-44-47-54(59)60-50(45-42-39-36-33-30-21-18-15-12-9-6-3)48-53(58)55-51(49-56)52(57)46-43-40-37-34-31-28-23-20-17-14-11-8-5-2/h9,12,15-16,18-19,21,24-25,30,33,36,39,42,50-52,56-57H,4-8,10-11,13-14,17,20,22-23,26-29,31-32,34-35,37-38,40-41,43-49H2,1-3H3,(H,55,58)/b12-9+,18-15+,19-16-,25-24-,30-21-,36-33-,42-39+. The van der Waals surface area contributed by atoms with Crippen LogP contribution in [0.3, 0.4) is 0 Å². The van der Waals surface area contributed by atoms with Crippen molar-refractivity contribution in [2.75, 3.05) is 6.61 Å². The van der Waals surface area contributed by atoms with Gasteiger partial charge in [0.1, 0.15) is 6.10 Å². The van der Waals surface area contributed by atoms with Gasteiger partial charge in [0.25, 0.3) is 0 Å². The number of carbonyl (C=O) groups excluding carboxylic acids is 2. The average Bonchev–Trinajstić information content (AvgIpc) is 3.24. The van der Waals surface area contributed by atoms with Crippen molar-refractivity contribution in [2.45, 2.75) is 238 Å². The van der Waals surface area contributed by atoms with Crippen molar-refractivity contribution in [1.29, 1.82) is 0 Å². The highest BCUT2D eigenvalue weighted by Crippen LogP contribution is 2.16. The van der Waals surface area contributed by atoms with Gasteiger partial charge in [-0.1, -0.05) is 234 Å². The zero-order valence-electron chi connectivity index (χ0n) is 39.1. The van der Waals surface area contributed by atoms with Crippen LogP contribution in [0.5, 0.6) is 0 Å². The Bertz CT molecular complexity index is 1160. The highest BCUT2D eigenvalue weighted by atomic mass is 16.5. The summed E-state index contributed by atoms with van der Waals surface area (Å²) in [4.78, 5) is 26.0. The van der Waals surface area contributed by atoms with Crippen LogP contribution in [0.1, 0.15) is 220 Å². The lowest BCUT2D eigenvalue weighted by Crippen LogP contribution is -2.46. The SMILES string of the molecule is CC/C=C/C=C/C=C\C=C/C=C/CC(CC(=O)NC(CO)C(O)CCCCCCCCCCCCCCC)OC(=O)CCCCCCCCC/C=C\C/C=C\CCCCC. The Kier molecular flexibility index (Phi) is 44.8. The van der Waals surface area contributed by atoms with Crippen molar-refractivity contribution in [3.63, 3.8) is 0 Å². The first-order valence-electron chi connectivity index (χ1n) is 24.9. The van der Waals surface area contributed by atoms with E-state index in [9.17, 15) is 19.8 Å². The molecule has 0 aliphatic carbocycles. The number of aliphatic hydroxyl groups excluding tert-OH is 2. The van der Waals surface area contributed by atoms with Gasteiger partial charge in [0.15, 0.2) is 0 Å². The summed E-state index contributed by atoms with van der Waals surface area (Å²) >= 11 is 0. The molecule has 0 heterocycles. The first-order valence-corrected chi connectivity index (χ1v) is 24.9. The first-order chi connectivity index (χ1) is 29.5. The van der Waals surface area contributed by atoms with Crippen molar-refractivity contribution < 1.29 is 24.5 Å². The average molecular weight is 836 g/mol. The summed E-state index contributed by atoms with van der Waals surface area (Å²) in [5.41, 5.74) is 0. The lowest BCUT2D eigenvalue weighted by atomic mass is 10.0. The highest BCUT2D eigenvalue weighted by Gasteiger charge is 2.23. The van der Waals surface area contributed by atoms with Crippen LogP contribution in [-0.4, -0.2) is 46.9 Å². The topological polar surface area (TPSA) is 95.9 Å². The molecule has 3 unspecified atom stereocenters. The zero-order chi connectivity index (χ0) is 43.8. The Morgan fingerprint density at radius 3 is 1.52 bits per heavy atom. The molecule has 0 saturated heterocycles. The van der Waals surface area contributed by atoms with Crippen molar-refractivity contribution in [1.82, 2.24) is 5.32 Å². The van der Waals surface area contributed by atoms with Crippen LogP contribution in [0.2, 0.25) is 0 Å². The van der Waals surface area contributed by atoms with Gasteiger partial charge < -0.3 is 20.3 Å². The maximum Gasteiger partial charge on any atom is 0.306 e. The summed E-state index contributed by atoms with van der Waals surface area (Å²) in [5, 5.41) is 23.6. The van der Waals surface area contributed by atoms with Crippen molar-refractivity contribution in [3.05, 3.63) is 85.1 Å². The Morgan fingerprint density at radius 1 is 0.533 bits per heavy atom. The molecule has 6 heteroatoms. The molecule has 0 aromatic carbocycles. The molecular weight excluding hydrogens is 743 g/mol. The number of amides is 1. The minimum Gasteiger partial charge on any atom is -0.461 e. The van der Waals surface area contributed by atoms with Gasteiger partial charge in [0, 0.05) is 12.8 Å². The quantitative estimate of drug-likeness (QED) is 0.0246. The molecule has 0 fully saturated rings. The molecule has 6 nitrogen and oxygen atoms in total. The summed E-state index contributed by atoms with van der Waals surface area (Å²) < 4.78 is 5.83. The van der Waals surface area contributed by atoms with E-state index in [0.29, 0.717) is 19.3 Å². The summed E-state index contributed by atoms with van der Waals surface area (Å²) in [7, 11) is 0. The molecule has 0 bridgehead atoms. The summed E-state index contributed by atoms with van der Waals surface area (Å²) in [6, 6.07) is -0.744. The fourth-order valence-corrected chi connectivity index (χ4v) is 7.07. The minimum atomic E-state index is -0.822. The van der Waals surface area contributed by atoms with E-state index < -0.39 is 18.2 Å². The molecule has 0 aromatic heterocycles. The van der Waals surface area contributed by atoms with Gasteiger partial charge in [-0.25, -0.2) is 0 Å². The van der Waals surface area contributed by atoms with E-state index in [-0.39, 0.29) is 24.9 Å². The molecule has 1 amide bonds. The number of carbonyl (C=O) groups is 2. The van der Waals surface area contributed by atoms with Crippen LogP contribution in [-0.2, 0) is 14.3 Å². The fourth-order valence-electron chi connectivity index (χ4n) is 7.07. The highest BCUT2D eigenvalue weighted by molar-refractivity contribution is 5.77. The third-order valence-corrected chi connectivity index (χ3v) is 10.8. The van der Waals surface area contributed by atoms with Gasteiger partial charge in [0.05, 0.1) is 25.2 Å². The van der Waals surface area contributed by atoms with E-state index in [2.05, 4.69) is 56.5 Å². The smallest absolute Gasteiger partial charge is 0.306 e. The molecule has 344 valence electrons. The van der Waals surface area contributed by atoms with Gasteiger partial charge in [-0.15, -0.1) is 0 Å². The number of hydrogen-bond donors (Lipinski definition) is 3. The van der Waals surface area contributed by atoms with Crippen LogP contribution < -0.4 is 5.32 Å². The molecule has 60 heavy (non-hydrogen) atoms. The second kappa shape index (κ2) is 47.1. The molecular formula is C54H93NO5. The summed E-state index contributed by atoms with van der Waals surface area (Å²) in [5.74, 6) is -0.621. The monoisotopic (exact) mass is 836 g/mol. The number of allylic oxidation sites excluding steroid dienone is 13. The Labute approximate surface area is 370 Å². The van der Waals surface area contributed by atoms with Crippen LogP contribution in [0.25, 0.3) is 0 Å². The second-order valence-electron chi connectivity index (χ2n) is 16.6. The normalized spacial score (nSPS) is 14.0. The molecule has 0 radical (unpaired) electrons. The molecule has 0 aliphatic heterocycles. The number of nitrogens with one attached hydrogen (secondary N) is 1. The molecule has 3 atom stereocenters. The van der Waals surface area contributed by atoms with Gasteiger partial charge in [0.2, 0.25) is 5.91 Å². The number of unbranched alkanes of at least 4 members (excludes halogenated alkanes) is 22. The molecule has 0 saturated carbocycles. The van der Waals surface area contributed by atoms with E-state index in [1.807, 2.05) is 54.7 Å². The number of esters is 1. The summed E-state index contributed by atoms with van der Waals surface area (Å²) in [6.07, 6.45) is 60.9. The van der Waals surface area contributed by atoms with Crippen molar-refractivity contribution in [3.8, 4) is 0 Å². The number of rotatable bonds is 43. The fraction of sp³-hybridized carbons (Fsp3) is 0.704. The number of ether oxygens (including phenoxy) is 1.